The largest absolute Gasteiger partial charge is 0.478 e. The number of aromatic carboxylic acids is 1. The minimum atomic E-state index is -4.35. The number of nitrogen functional groups attached to an aromatic ring is 2. The fourth-order valence-electron chi connectivity index (χ4n) is 4.01. The van der Waals surface area contributed by atoms with E-state index in [2.05, 4.69) is 14.9 Å². The molecule has 0 saturated carbocycles. The highest BCUT2D eigenvalue weighted by Gasteiger charge is 2.34. The lowest BCUT2D eigenvalue weighted by Gasteiger charge is -2.32. The molecular weight excluding hydrogens is 517 g/mol. The van der Waals surface area contributed by atoms with E-state index >= 15 is 0 Å². The molecule has 4 aromatic rings. The Labute approximate surface area is 221 Å². The molecule has 39 heavy (non-hydrogen) atoms. The van der Waals surface area contributed by atoms with Gasteiger partial charge in [-0.3, -0.25) is 4.90 Å². The van der Waals surface area contributed by atoms with Crippen LogP contribution in [0, 0.1) is 0 Å². The van der Waals surface area contributed by atoms with Crippen LogP contribution in [0.2, 0.25) is 0 Å². The van der Waals surface area contributed by atoms with Gasteiger partial charge in [0.25, 0.3) is 0 Å². The number of alkyl halides is 3. The summed E-state index contributed by atoms with van der Waals surface area (Å²) in [6, 6.07) is 10.4. The number of carboxylic acid groups (broad SMARTS) is 1. The van der Waals surface area contributed by atoms with Crippen LogP contribution in [0.4, 0.5) is 24.8 Å². The van der Waals surface area contributed by atoms with Gasteiger partial charge < -0.3 is 30.6 Å². The number of fused-ring (bicyclic) bond motifs is 1. The number of piperazine rings is 1. The number of nitrogens with zero attached hydrogens (tertiary/aromatic N) is 4. The second kappa shape index (κ2) is 11.6. The molecule has 2 aromatic heterocycles. The number of furan rings is 1. The van der Waals surface area contributed by atoms with Gasteiger partial charge in [-0.1, -0.05) is 6.07 Å². The number of nitrogens with two attached hydrogens (primary N) is 2. The summed E-state index contributed by atoms with van der Waals surface area (Å²) < 4.78 is 49.6. The zero-order valence-electron chi connectivity index (χ0n) is 21.0. The molecule has 3 heterocycles. The summed E-state index contributed by atoms with van der Waals surface area (Å²) in [4.78, 5) is 22.8. The number of likely N-dealkylation sites (N-methyl/N-ethyl adjacent to an activating group) is 1. The van der Waals surface area contributed by atoms with Crippen LogP contribution in [0.5, 0.6) is 11.6 Å². The molecule has 1 aliphatic rings. The van der Waals surface area contributed by atoms with E-state index in [9.17, 15) is 18.0 Å². The van der Waals surface area contributed by atoms with Crippen molar-refractivity contribution in [2.75, 3.05) is 44.7 Å². The molecule has 10 nitrogen and oxygen atoms in total. The minimum Gasteiger partial charge on any atom is -0.478 e. The van der Waals surface area contributed by atoms with E-state index in [1.54, 1.807) is 24.3 Å². The van der Waals surface area contributed by atoms with Crippen LogP contribution in [0.1, 0.15) is 21.5 Å². The fraction of sp³-hybridized carbons (Fsp3) is 0.269. The smallest absolute Gasteiger partial charge is 0.416 e. The average Bonchev–Trinajstić information content (AvgIpc) is 3.30. The molecule has 0 spiro atoms. The Morgan fingerprint density at radius 2 is 1.85 bits per heavy atom. The Hall–Kier alpha value is -4.36. The third kappa shape index (κ3) is 7.15. The number of anilines is 2. The summed E-state index contributed by atoms with van der Waals surface area (Å²) in [6.07, 6.45) is -1.68. The lowest BCUT2D eigenvalue weighted by molar-refractivity contribution is -0.138. The van der Waals surface area contributed by atoms with E-state index in [0.29, 0.717) is 34.7 Å². The summed E-state index contributed by atoms with van der Waals surface area (Å²) in [7, 11) is 2.02. The molecule has 1 fully saturated rings. The van der Waals surface area contributed by atoms with E-state index in [1.807, 2.05) is 11.9 Å². The maximum Gasteiger partial charge on any atom is 0.416 e. The molecule has 0 bridgehead atoms. The Morgan fingerprint density at radius 3 is 2.51 bits per heavy atom. The number of rotatable bonds is 5. The molecule has 206 valence electrons. The van der Waals surface area contributed by atoms with Crippen LogP contribution in [0.15, 0.2) is 59.3 Å². The molecule has 5 N–H and O–H groups in total. The van der Waals surface area contributed by atoms with Crippen molar-refractivity contribution in [3.05, 3.63) is 71.6 Å². The number of ether oxygens (including phenoxy) is 1. The van der Waals surface area contributed by atoms with Crippen LogP contribution < -0.4 is 16.2 Å². The van der Waals surface area contributed by atoms with Gasteiger partial charge >= 0.3 is 12.1 Å². The highest BCUT2D eigenvalue weighted by Crippen LogP contribution is 2.34. The standard InChI is InChI=1S/C13H18F3N3.C13H9N3O4/c1-18-4-6-19(7-5-18)9-10-2-3-11(17)8-12(10)13(14,15)16;14-13-15-4-3-11(16-13)20-7-1-2-8-9(12(17)18)6-19-10(8)5-7/h2-3,8H,4-7,9,17H2,1H3;1-6H,(H,17,18)(H2,14,15,16). The van der Waals surface area contributed by atoms with Crippen molar-refractivity contribution >= 4 is 28.6 Å². The minimum absolute atomic E-state index is 0.106. The molecule has 1 aliphatic heterocycles. The molecule has 0 unspecified atom stereocenters. The third-order valence-electron chi connectivity index (χ3n) is 6.08. The summed E-state index contributed by atoms with van der Waals surface area (Å²) in [5.41, 5.74) is 11.3. The summed E-state index contributed by atoms with van der Waals surface area (Å²) in [5, 5.41) is 9.49. The Bertz CT molecular complexity index is 1450. The van der Waals surface area contributed by atoms with Crippen molar-refractivity contribution in [1.82, 2.24) is 19.8 Å². The molecule has 2 aromatic carbocycles. The maximum absolute atomic E-state index is 13.0. The first-order valence-corrected chi connectivity index (χ1v) is 11.9. The monoisotopic (exact) mass is 544 g/mol. The zero-order valence-corrected chi connectivity index (χ0v) is 21.0. The lowest BCUT2D eigenvalue weighted by atomic mass is 10.1. The van der Waals surface area contributed by atoms with Gasteiger partial charge in [0.1, 0.15) is 23.2 Å². The van der Waals surface area contributed by atoms with Crippen LogP contribution in [-0.2, 0) is 12.7 Å². The summed E-state index contributed by atoms with van der Waals surface area (Å²) in [5.74, 6) is -0.181. The number of hydrogen-bond acceptors (Lipinski definition) is 9. The average molecular weight is 545 g/mol. The highest BCUT2D eigenvalue weighted by atomic mass is 19.4. The van der Waals surface area contributed by atoms with Gasteiger partial charge in [-0.2, -0.15) is 18.2 Å². The molecule has 0 aliphatic carbocycles. The van der Waals surface area contributed by atoms with Gasteiger partial charge in [0.15, 0.2) is 0 Å². The Balaban J connectivity index is 0.000000181. The van der Waals surface area contributed by atoms with Gasteiger partial charge in [0.05, 0.1) is 5.56 Å². The van der Waals surface area contributed by atoms with Crippen LogP contribution >= 0.6 is 0 Å². The second-order valence-electron chi connectivity index (χ2n) is 8.96. The van der Waals surface area contributed by atoms with Crippen molar-refractivity contribution in [1.29, 1.82) is 0 Å². The van der Waals surface area contributed by atoms with E-state index in [-0.39, 0.29) is 17.2 Å². The SMILES string of the molecule is CN1CCN(Cc2ccc(N)cc2C(F)(F)F)CC1.Nc1nccc(Oc2ccc3c(C(=O)O)coc3c2)n1. The van der Waals surface area contributed by atoms with Gasteiger partial charge in [0.2, 0.25) is 11.8 Å². The predicted octanol–water partition coefficient (Wildman–Crippen LogP) is 4.33. The number of benzene rings is 2. The number of hydrogen-bond donors (Lipinski definition) is 3. The normalized spacial score (nSPS) is 14.6. The zero-order chi connectivity index (χ0) is 28.2. The van der Waals surface area contributed by atoms with E-state index in [1.165, 1.54) is 24.6 Å². The van der Waals surface area contributed by atoms with E-state index in [0.717, 1.165) is 32.2 Å². The van der Waals surface area contributed by atoms with Crippen molar-refractivity contribution < 1.29 is 32.2 Å². The summed E-state index contributed by atoms with van der Waals surface area (Å²) >= 11 is 0. The topological polar surface area (TPSA) is 144 Å². The van der Waals surface area contributed by atoms with Crippen molar-refractivity contribution in [3.63, 3.8) is 0 Å². The van der Waals surface area contributed by atoms with Crippen LogP contribution in [0.3, 0.4) is 0 Å². The quantitative estimate of drug-likeness (QED) is 0.311. The second-order valence-corrected chi connectivity index (χ2v) is 8.96. The predicted molar refractivity (Wildman–Crippen MR) is 138 cm³/mol. The molecule has 0 radical (unpaired) electrons. The number of carboxylic acids is 1. The fourth-order valence-corrected chi connectivity index (χ4v) is 4.01. The molecule has 1 saturated heterocycles. The number of carbonyl (C=O) groups is 1. The van der Waals surface area contributed by atoms with Crippen LogP contribution in [0.25, 0.3) is 11.0 Å². The molecule has 13 heteroatoms. The first-order chi connectivity index (χ1) is 18.5. The number of aromatic nitrogens is 2. The summed E-state index contributed by atoms with van der Waals surface area (Å²) in [6.45, 7) is 3.67. The van der Waals surface area contributed by atoms with Gasteiger partial charge in [-0.05, 0) is 36.9 Å². The molecule has 0 amide bonds. The Kier molecular flexibility index (Phi) is 8.21. The van der Waals surface area contributed by atoms with E-state index < -0.39 is 17.7 Å². The highest BCUT2D eigenvalue weighted by molar-refractivity contribution is 6.02. The molecular formula is C26H27F3N6O4. The first-order valence-electron chi connectivity index (χ1n) is 11.9. The van der Waals surface area contributed by atoms with Gasteiger partial charge in [-0.25, -0.2) is 9.78 Å². The van der Waals surface area contributed by atoms with Crippen LogP contribution in [-0.4, -0.2) is 64.1 Å². The first kappa shape index (κ1) is 27.7. The van der Waals surface area contributed by atoms with Gasteiger partial charge in [0, 0.05) is 62.1 Å². The molecule has 0 atom stereocenters. The van der Waals surface area contributed by atoms with Crippen molar-refractivity contribution in [2.45, 2.75) is 12.7 Å². The van der Waals surface area contributed by atoms with Crippen molar-refractivity contribution in [2.24, 2.45) is 0 Å². The van der Waals surface area contributed by atoms with E-state index in [4.69, 9.17) is 25.7 Å². The lowest BCUT2D eigenvalue weighted by Crippen LogP contribution is -2.44. The maximum atomic E-state index is 13.0. The van der Waals surface area contributed by atoms with Crippen molar-refractivity contribution in [3.8, 4) is 11.6 Å². The number of halogens is 3. The Morgan fingerprint density at radius 1 is 1.10 bits per heavy atom. The third-order valence-corrected chi connectivity index (χ3v) is 6.08. The molecule has 5 rings (SSSR count). The van der Waals surface area contributed by atoms with Gasteiger partial charge in [-0.15, -0.1) is 0 Å².